The molecule has 0 aliphatic carbocycles. The average molecular weight is 203 g/mol. The van der Waals surface area contributed by atoms with E-state index in [1.807, 2.05) is 0 Å². The second-order valence-electron chi connectivity index (χ2n) is 2.86. The van der Waals surface area contributed by atoms with Gasteiger partial charge in [-0.25, -0.2) is 0 Å². The summed E-state index contributed by atoms with van der Waals surface area (Å²) in [6, 6.07) is 0. The van der Waals surface area contributed by atoms with Gasteiger partial charge in [0, 0.05) is 18.0 Å². The number of nitrogens with one attached hydrogen (secondary N) is 1. The highest BCUT2D eigenvalue weighted by atomic mass is 35.5. The number of hydrogen-bond acceptors (Lipinski definition) is 2. The second kappa shape index (κ2) is 4.28. The minimum atomic E-state index is -0.118. The van der Waals surface area contributed by atoms with Crippen LogP contribution in [-0.4, -0.2) is 36.3 Å². The molecule has 4 nitrogen and oxygen atoms in total. The van der Waals surface area contributed by atoms with E-state index in [2.05, 4.69) is 11.9 Å². The van der Waals surface area contributed by atoms with E-state index in [4.69, 9.17) is 11.6 Å². The molecule has 1 aliphatic rings. The monoisotopic (exact) mass is 202 g/mol. The summed E-state index contributed by atoms with van der Waals surface area (Å²) in [5, 5.41) is 2.90. The molecule has 0 aromatic heterocycles. The van der Waals surface area contributed by atoms with Crippen molar-refractivity contribution >= 4 is 23.4 Å². The number of rotatable bonds is 2. The first-order valence-electron chi connectivity index (χ1n) is 3.97. The SMILES string of the molecule is C=C(Cl)CN1CCC(=O)NCC1=O. The Hall–Kier alpha value is -1.03. The van der Waals surface area contributed by atoms with Crippen LogP contribution in [0.1, 0.15) is 6.42 Å². The molecule has 1 rings (SSSR count). The van der Waals surface area contributed by atoms with Gasteiger partial charge in [0.25, 0.3) is 0 Å². The molecule has 1 N–H and O–H groups in total. The highest BCUT2D eigenvalue weighted by molar-refractivity contribution is 6.29. The number of carbonyl (C=O) groups is 2. The standard InChI is InChI=1S/C8H11ClN2O2/c1-6(9)5-11-3-2-7(12)10-4-8(11)13/h1-5H2,(H,10,12). The molecule has 1 aliphatic heterocycles. The van der Waals surface area contributed by atoms with Crippen LogP contribution in [0.25, 0.3) is 0 Å². The molecule has 0 atom stereocenters. The average Bonchev–Trinajstić information content (AvgIpc) is 2.19. The van der Waals surface area contributed by atoms with E-state index >= 15 is 0 Å². The molecule has 1 fully saturated rings. The number of hydrogen-bond donors (Lipinski definition) is 1. The Morgan fingerprint density at radius 1 is 1.62 bits per heavy atom. The summed E-state index contributed by atoms with van der Waals surface area (Å²) in [7, 11) is 0. The van der Waals surface area contributed by atoms with Crippen LogP contribution in [-0.2, 0) is 9.59 Å². The third kappa shape index (κ3) is 3.06. The Labute approximate surface area is 81.5 Å². The molecule has 2 amide bonds. The summed E-state index contributed by atoms with van der Waals surface area (Å²) in [5.74, 6) is -0.219. The first-order chi connectivity index (χ1) is 6.09. The van der Waals surface area contributed by atoms with E-state index in [0.717, 1.165) is 0 Å². The van der Waals surface area contributed by atoms with Gasteiger partial charge >= 0.3 is 0 Å². The molecule has 0 radical (unpaired) electrons. The van der Waals surface area contributed by atoms with Crippen LogP contribution in [0, 0.1) is 0 Å². The second-order valence-corrected chi connectivity index (χ2v) is 3.39. The van der Waals surface area contributed by atoms with Crippen molar-refractivity contribution in [3.63, 3.8) is 0 Å². The lowest BCUT2D eigenvalue weighted by molar-refractivity contribution is -0.129. The third-order valence-corrected chi connectivity index (χ3v) is 1.88. The predicted molar refractivity (Wildman–Crippen MR) is 49.2 cm³/mol. The van der Waals surface area contributed by atoms with Crippen LogP contribution in [0.5, 0.6) is 0 Å². The Balaban J connectivity index is 2.57. The number of amides is 2. The van der Waals surface area contributed by atoms with E-state index < -0.39 is 0 Å². The van der Waals surface area contributed by atoms with Crippen molar-refractivity contribution < 1.29 is 9.59 Å². The fourth-order valence-corrected chi connectivity index (χ4v) is 1.25. The van der Waals surface area contributed by atoms with Gasteiger partial charge in [0.05, 0.1) is 13.1 Å². The van der Waals surface area contributed by atoms with Gasteiger partial charge < -0.3 is 10.2 Å². The lowest BCUT2D eigenvalue weighted by Gasteiger charge is -2.18. The molecular weight excluding hydrogens is 192 g/mol. The molecule has 0 spiro atoms. The van der Waals surface area contributed by atoms with Gasteiger partial charge in [-0.3, -0.25) is 9.59 Å². The van der Waals surface area contributed by atoms with E-state index in [9.17, 15) is 9.59 Å². The summed E-state index contributed by atoms with van der Waals surface area (Å²) in [6.07, 6.45) is 0.329. The fourth-order valence-electron chi connectivity index (χ4n) is 1.11. The first-order valence-corrected chi connectivity index (χ1v) is 4.35. The molecule has 0 unspecified atom stereocenters. The van der Waals surface area contributed by atoms with Gasteiger partial charge in [-0.05, 0) is 0 Å². The molecule has 1 saturated heterocycles. The normalized spacial score (nSPS) is 18.1. The van der Waals surface area contributed by atoms with E-state index in [1.54, 1.807) is 0 Å². The van der Waals surface area contributed by atoms with Gasteiger partial charge in [0.2, 0.25) is 11.8 Å². The van der Waals surface area contributed by atoms with Crippen LogP contribution in [0.4, 0.5) is 0 Å². The molecule has 0 bridgehead atoms. The van der Waals surface area contributed by atoms with E-state index in [-0.39, 0.29) is 18.4 Å². The van der Waals surface area contributed by atoms with Gasteiger partial charge in [-0.1, -0.05) is 18.2 Å². The first kappa shape index (κ1) is 10.1. The number of halogens is 1. The quantitative estimate of drug-likeness (QED) is 0.690. The maximum atomic E-state index is 11.3. The topological polar surface area (TPSA) is 49.4 Å². The van der Waals surface area contributed by atoms with E-state index in [1.165, 1.54) is 4.90 Å². The van der Waals surface area contributed by atoms with Crippen LogP contribution in [0.3, 0.4) is 0 Å². The lowest BCUT2D eigenvalue weighted by Crippen LogP contribution is -2.35. The lowest BCUT2D eigenvalue weighted by atomic mass is 10.3. The van der Waals surface area contributed by atoms with Crippen molar-refractivity contribution in [1.29, 1.82) is 0 Å². The molecule has 0 aromatic rings. The summed E-state index contributed by atoms with van der Waals surface area (Å²) in [5.41, 5.74) is 0. The van der Waals surface area contributed by atoms with Gasteiger partial charge in [-0.15, -0.1) is 0 Å². The van der Waals surface area contributed by atoms with Gasteiger partial charge in [0.1, 0.15) is 0 Å². The zero-order valence-electron chi connectivity index (χ0n) is 7.18. The molecule has 5 heteroatoms. The summed E-state index contributed by atoms with van der Waals surface area (Å²) < 4.78 is 0. The van der Waals surface area contributed by atoms with Crippen LogP contribution < -0.4 is 5.32 Å². The highest BCUT2D eigenvalue weighted by Gasteiger charge is 2.19. The Kier molecular flexibility index (Phi) is 3.31. The predicted octanol–water partition coefficient (Wildman–Crippen LogP) is 0.0874. The zero-order chi connectivity index (χ0) is 9.84. The van der Waals surface area contributed by atoms with Crippen LogP contribution in [0.15, 0.2) is 11.6 Å². The molecule has 13 heavy (non-hydrogen) atoms. The molecule has 72 valence electrons. The summed E-state index contributed by atoms with van der Waals surface area (Å²) >= 11 is 5.57. The highest BCUT2D eigenvalue weighted by Crippen LogP contribution is 2.04. The van der Waals surface area contributed by atoms with Gasteiger partial charge in [0.15, 0.2) is 0 Å². The van der Waals surface area contributed by atoms with E-state index in [0.29, 0.717) is 24.5 Å². The third-order valence-electron chi connectivity index (χ3n) is 1.76. The maximum absolute atomic E-state index is 11.3. The summed E-state index contributed by atoms with van der Waals surface area (Å²) in [6.45, 7) is 4.29. The minimum Gasteiger partial charge on any atom is -0.347 e. The van der Waals surface area contributed by atoms with Crippen molar-refractivity contribution in [2.75, 3.05) is 19.6 Å². The Bertz CT molecular complexity index is 253. The number of carbonyl (C=O) groups excluding carboxylic acids is 2. The Morgan fingerprint density at radius 2 is 2.31 bits per heavy atom. The van der Waals surface area contributed by atoms with Crippen LogP contribution in [0.2, 0.25) is 0 Å². The van der Waals surface area contributed by atoms with Crippen molar-refractivity contribution in [1.82, 2.24) is 10.2 Å². The van der Waals surface area contributed by atoms with Crippen molar-refractivity contribution in [3.8, 4) is 0 Å². The van der Waals surface area contributed by atoms with Crippen LogP contribution >= 0.6 is 11.6 Å². The molecule has 1 heterocycles. The van der Waals surface area contributed by atoms with Gasteiger partial charge in [-0.2, -0.15) is 0 Å². The van der Waals surface area contributed by atoms with Crippen molar-refractivity contribution in [2.24, 2.45) is 0 Å². The molecular formula is C8H11ClN2O2. The number of nitrogens with zero attached hydrogens (tertiary/aromatic N) is 1. The maximum Gasteiger partial charge on any atom is 0.242 e. The molecule has 0 saturated carbocycles. The zero-order valence-corrected chi connectivity index (χ0v) is 7.93. The smallest absolute Gasteiger partial charge is 0.242 e. The molecule has 0 aromatic carbocycles. The van der Waals surface area contributed by atoms with Crippen molar-refractivity contribution in [3.05, 3.63) is 11.6 Å². The van der Waals surface area contributed by atoms with Crippen molar-refractivity contribution in [2.45, 2.75) is 6.42 Å². The minimum absolute atomic E-state index is 0.0585. The Morgan fingerprint density at radius 3 is 2.92 bits per heavy atom. The largest absolute Gasteiger partial charge is 0.347 e. The summed E-state index contributed by atoms with van der Waals surface area (Å²) in [4.78, 5) is 23.7. The fraction of sp³-hybridized carbons (Fsp3) is 0.500.